The van der Waals surface area contributed by atoms with Crippen LogP contribution in [0.1, 0.15) is 20.3 Å². The third-order valence-electron chi connectivity index (χ3n) is 2.43. The van der Waals surface area contributed by atoms with Crippen LogP contribution in [-0.2, 0) is 0 Å². The fourth-order valence-corrected chi connectivity index (χ4v) is 1.53. The van der Waals surface area contributed by atoms with Gasteiger partial charge in [-0.1, -0.05) is 6.07 Å². The molecule has 0 saturated carbocycles. The van der Waals surface area contributed by atoms with E-state index in [9.17, 15) is 5.11 Å². The number of nitrogens with zero attached hydrogens (tertiary/aromatic N) is 1. The maximum Gasteiger partial charge on any atom is 0.0528 e. The summed E-state index contributed by atoms with van der Waals surface area (Å²) in [5, 5.41) is 9.25. The molecule has 1 aromatic carbocycles. The molecule has 0 heterocycles. The van der Waals surface area contributed by atoms with Crippen molar-refractivity contribution in [2.75, 3.05) is 23.7 Å². The average Bonchev–Trinajstić information content (AvgIpc) is 2.18. The lowest BCUT2D eigenvalue weighted by Gasteiger charge is -2.24. The smallest absolute Gasteiger partial charge is 0.0528 e. The fraction of sp³-hybridized carbons (Fsp3) is 0.500. The summed E-state index contributed by atoms with van der Waals surface area (Å²) < 4.78 is 0. The summed E-state index contributed by atoms with van der Waals surface area (Å²) in [6.07, 6.45) is 0.530. The highest BCUT2D eigenvalue weighted by atomic mass is 16.3. The van der Waals surface area contributed by atoms with Crippen LogP contribution in [0.2, 0.25) is 0 Å². The van der Waals surface area contributed by atoms with E-state index in [1.54, 1.807) is 0 Å². The van der Waals surface area contributed by atoms with Gasteiger partial charge in [-0.3, -0.25) is 0 Å². The predicted octanol–water partition coefficient (Wildman–Crippen LogP) is 1.87. The molecule has 1 unspecified atom stereocenters. The molecule has 1 aromatic rings. The van der Waals surface area contributed by atoms with E-state index in [1.165, 1.54) is 0 Å². The Labute approximate surface area is 91.5 Å². The lowest BCUT2D eigenvalue weighted by molar-refractivity contribution is 0.186. The summed E-state index contributed by atoms with van der Waals surface area (Å²) in [6, 6.07) is 7.84. The molecular weight excluding hydrogens is 188 g/mol. The molecule has 0 aliphatic rings. The molecule has 84 valence electrons. The monoisotopic (exact) mass is 208 g/mol. The molecule has 3 heteroatoms. The zero-order chi connectivity index (χ0) is 11.3. The Kier molecular flexibility index (Phi) is 4.43. The standard InChI is InChI=1S/C12H20N2O/c1-3-14(8-7-10(2)15)12-6-4-5-11(13)9-12/h4-6,9-10,15H,3,7-8,13H2,1-2H3. The van der Waals surface area contributed by atoms with Crippen LogP contribution in [0.3, 0.4) is 0 Å². The maximum atomic E-state index is 9.25. The van der Waals surface area contributed by atoms with Crippen LogP contribution in [0.5, 0.6) is 0 Å². The molecule has 0 spiro atoms. The summed E-state index contributed by atoms with van der Waals surface area (Å²) in [5.41, 5.74) is 7.63. The molecule has 1 rings (SSSR count). The van der Waals surface area contributed by atoms with Crippen molar-refractivity contribution < 1.29 is 5.11 Å². The second-order valence-corrected chi connectivity index (χ2v) is 3.81. The number of benzene rings is 1. The van der Waals surface area contributed by atoms with Crippen LogP contribution >= 0.6 is 0 Å². The highest BCUT2D eigenvalue weighted by Gasteiger charge is 2.05. The second kappa shape index (κ2) is 5.61. The molecule has 1 atom stereocenters. The van der Waals surface area contributed by atoms with Gasteiger partial charge in [-0.2, -0.15) is 0 Å². The Morgan fingerprint density at radius 3 is 2.73 bits per heavy atom. The maximum absolute atomic E-state index is 9.25. The van der Waals surface area contributed by atoms with Crippen molar-refractivity contribution in [1.82, 2.24) is 0 Å². The lowest BCUT2D eigenvalue weighted by atomic mass is 10.2. The van der Waals surface area contributed by atoms with Crippen LogP contribution in [0, 0.1) is 0 Å². The minimum absolute atomic E-state index is 0.250. The Morgan fingerprint density at radius 1 is 1.47 bits per heavy atom. The largest absolute Gasteiger partial charge is 0.399 e. The van der Waals surface area contributed by atoms with Crippen molar-refractivity contribution in [3.63, 3.8) is 0 Å². The molecule has 3 N–H and O–H groups in total. The molecule has 0 bridgehead atoms. The van der Waals surface area contributed by atoms with E-state index >= 15 is 0 Å². The molecule has 0 aliphatic heterocycles. The zero-order valence-corrected chi connectivity index (χ0v) is 9.48. The summed E-state index contributed by atoms with van der Waals surface area (Å²) in [7, 11) is 0. The minimum atomic E-state index is -0.250. The van der Waals surface area contributed by atoms with Crippen molar-refractivity contribution in [2.45, 2.75) is 26.4 Å². The van der Waals surface area contributed by atoms with Gasteiger partial charge in [0.15, 0.2) is 0 Å². The van der Waals surface area contributed by atoms with Crippen molar-refractivity contribution in [2.24, 2.45) is 0 Å². The van der Waals surface area contributed by atoms with E-state index in [-0.39, 0.29) is 6.10 Å². The Hall–Kier alpha value is -1.22. The number of hydrogen-bond donors (Lipinski definition) is 2. The topological polar surface area (TPSA) is 49.5 Å². The van der Waals surface area contributed by atoms with E-state index in [0.717, 1.165) is 30.9 Å². The van der Waals surface area contributed by atoms with Crippen molar-refractivity contribution in [1.29, 1.82) is 0 Å². The number of aliphatic hydroxyl groups excluding tert-OH is 1. The van der Waals surface area contributed by atoms with Gasteiger partial charge < -0.3 is 15.7 Å². The van der Waals surface area contributed by atoms with Gasteiger partial charge >= 0.3 is 0 Å². The predicted molar refractivity (Wildman–Crippen MR) is 65.0 cm³/mol. The summed E-state index contributed by atoms with van der Waals surface area (Å²) in [5.74, 6) is 0. The molecule has 0 aliphatic carbocycles. The first-order valence-corrected chi connectivity index (χ1v) is 5.42. The molecule has 0 aromatic heterocycles. The molecular formula is C12H20N2O. The average molecular weight is 208 g/mol. The van der Waals surface area contributed by atoms with Gasteiger partial charge in [-0.15, -0.1) is 0 Å². The highest BCUT2D eigenvalue weighted by molar-refractivity contribution is 5.55. The SMILES string of the molecule is CCN(CCC(C)O)c1cccc(N)c1. The third-order valence-corrected chi connectivity index (χ3v) is 2.43. The number of nitrogens with two attached hydrogens (primary N) is 1. The number of anilines is 2. The second-order valence-electron chi connectivity index (χ2n) is 3.81. The van der Waals surface area contributed by atoms with Gasteiger partial charge in [0.05, 0.1) is 6.10 Å². The first-order valence-electron chi connectivity index (χ1n) is 5.42. The highest BCUT2D eigenvalue weighted by Crippen LogP contribution is 2.17. The fourth-order valence-electron chi connectivity index (χ4n) is 1.53. The van der Waals surface area contributed by atoms with Crippen LogP contribution in [0.15, 0.2) is 24.3 Å². The van der Waals surface area contributed by atoms with E-state index < -0.39 is 0 Å². The Bertz CT molecular complexity index is 299. The molecule has 0 fully saturated rings. The number of hydrogen-bond acceptors (Lipinski definition) is 3. The first-order chi connectivity index (χ1) is 7.13. The molecule has 3 nitrogen and oxygen atoms in total. The number of nitrogen functional groups attached to an aromatic ring is 1. The minimum Gasteiger partial charge on any atom is -0.399 e. The van der Waals surface area contributed by atoms with Crippen molar-refractivity contribution >= 4 is 11.4 Å². The van der Waals surface area contributed by atoms with Crippen LogP contribution in [0.25, 0.3) is 0 Å². The van der Waals surface area contributed by atoms with E-state index in [0.29, 0.717) is 0 Å². The van der Waals surface area contributed by atoms with E-state index in [4.69, 9.17) is 5.73 Å². The molecule has 0 amide bonds. The summed E-state index contributed by atoms with van der Waals surface area (Å²) in [6.45, 7) is 5.70. The quantitative estimate of drug-likeness (QED) is 0.726. The Balaban J connectivity index is 2.65. The van der Waals surface area contributed by atoms with Gasteiger partial charge in [0.25, 0.3) is 0 Å². The van der Waals surface area contributed by atoms with E-state index in [2.05, 4.69) is 11.8 Å². The van der Waals surface area contributed by atoms with Crippen LogP contribution in [-0.4, -0.2) is 24.3 Å². The van der Waals surface area contributed by atoms with Crippen LogP contribution in [0.4, 0.5) is 11.4 Å². The molecule has 0 saturated heterocycles. The van der Waals surface area contributed by atoms with Gasteiger partial charge in [0.2, 0.25) is 0 Å². The number of aliphatic hydroxyl groups is 1. The third kappa shape index (κ3) is 3.80. The van der Waals surface area contributed by atoms with Crippen molar-refractivity contribution in [3.8, 4) is 0 Å². The molecule has 15 heavy (non-hydrogen) atoms. The summed E-state index contributed by atoms with van der Waals surface area (Å²) in [4.78, 5) is 2.21. The van der Waals surface area contributed by atoms with Gasteiger partial charge in [0, 0.05) is 24.5 Å². The lowest BCUT2D eigenvalue weighted by Crippen LogP contribution is -2.26. The van der Waals surface area contributed by atoms with Crippen molar-refractivity contribution in [3.05, 3.63) is 24.3 Å². The Morgan fingerprint density at radius 2 is 2.20 bits per heavy atom. The van der Waals surface area contributed by atoms with Crippen LogP contribution < -0.4 is 10.6 Å². The first kappa shape index (κ1) is 11.9. The van der Waals surface area contributed by atoms with Gasteiger partial charge in [-0.25, -0.2) is 0 Å². The normalized spacial score (nSPS) is 12.5. The van der Waals surface area contributed by atoms with E-state index in [1.807, 2.05) is 31.2 Å². The van der Waals surface area contributed by atoms with Gasteiger partial charge in [0.1, 0.15) is 0 Å². The molecule has 0 radical (unpaired) electrons. The van der Waals surface area contributed by atoms with Gasteiger partial charge in [-0.05, 0) is 38.5 Å². The summed E-state index contributed by atoms with van der Waals surface area (Å²) >= 11 is 0. The number of rotatable bonds is 5. The zero-order valence-electron chi connectivity index (χ0n) is 9.48.